The van der Waals surface area contributed by atoms with Gasteiger partial charge >= 0.3 is 149 Å². The Hall–Kier alpha value is -2.44. The van der Waals surface area contributed by atoms with E-state index in [4.69, 9.17) is 4.74 Å². The molecule has 3 rings (SSSR count). The van der Waals surface area contributed by atoms with Crippen molar-refractivity contribution in [1.82, 2.24) is 0 Å². The van der Waals surface area contributed by atoms with Crippen LogP contribution in [0.3, 0.4) is 0 Å². The standard InChI is InChI=1S/C22H23O2P/c1-2-24-22(23)18-25(19-12-6-3-7-13-19,20-14-8-4-9-15-20)21-16-10-5-11-17-21/h3-17,25H,2,18H2,1H3. The Balaban J connectivity index is 2.26. The van der Waals surface area contributed by atoms with Crippen LogP contribution < -0.4 is 15.9 Å². The van der Waals surface area contributed by atoms with Gasteiger partial charge in [-0.1, -0.05) is 0 Å². The molecule has 0 saturated heterocycles. The average Bonchev–Trinajstić information content (AvgIpc) is 2.68. The van der Waals surface area contributed by atoms with Gasteiger partial charge in [0.25, 0.3) is 0 Å². The second-order valence-electron chi connectivity index (χ2n) is 5.99. The van der Waals surface area contributed by atoms with Crippen molar-refractivity contribution in [3.8, 4) is 0 Å². The third-order valence-electron chi connectivity index (χ3n) is 4.51. The molecule has 0 aliphatic heterocycles. The summed E-state index contributed by atoms with van der Waals surface area (Å²) >= 11 is 0. The molecule has 0 aliphatic rings. The fraction of sp³-hybridized carbons (Fsp3) is 0.136. The first-order chi connectivity index (χ1) is 12.3. The molecule has 0 spiro atoms. The van der Waals surface area contributed by atoms with Crippen LogP contribution >= 0.6 is 7.26 Å². The van der Waals surface area contributed by atoms with Crippen LogP contribution in [0.25, 0.3) is 0 Å². The molecule has 0 aromatic heterocycles. The number of ether oxygens (including phenoxy) is 1. The zero-order valence-electron chi connectivity index (χ0n) is 14.4. The van der Waals surface area contributed by atoms with E-state index < -0.39 is 7.26 Å². The number of benzene rings is 3. The van der Waals surface area contributed by atoms with Crippen LogP contribution in [0.1, 0.15) is 6.92 Å². The molecule has 0 saturated carbocycles. The molecule has 25 heavy (non-hydrogen) atoms. The first kappa shape index (κ1) is 17.4. The number of carbonyl (C=O) groups is 1. The zero-order valence-corrected chi connectivity index (χ0v) is 15.4. The fourth-order valence-electron chi connectivity index (χ4n) is 3.40. The van der Waals surface area contributed by atoms with Crippen molar-refractivity contribution in [2.24, 2.45) is 0 Å². The molecule has 0 radical (unpaired) electrons. The van der Waals surface area contributed by atoms with Gasteiger partial charge in [0.05, 0.1) is 0 Å². The predicted octanol–water partition coefficient (Wildman–Crippen LogP) is 3.28. The van der Waals surface area contributed by atoms with E-state index in [0.717, 1.165) is 0 Å². The zero-order chi connectivity index (χ0) is 17.5. The fourth-order valence-corrected chi connectivity index (χ4v) is 7.83. The molecule has 0 unspecified atom stereocenters. The summed E-state index contributed by atoms with van der Waals surface area (Å²) in [6, 6.07) is 31.2. The first-order valence-corrected chi connectivity index (χ1v) is 10.8. The second kappa shape index (κ2) is 8.09. The molecule has 0 atom stereocenters. The van der Waals surface area contributed by atoms with Crippen LogP contribution in [0, 0.1) is 0 Å². The predicted molar refractivity (Wildman–Crippen MR) is 108 cm³/mol. The van der Waals surface area contributed by atoms with Crippen molar-refractivity contribution in [2.75, 3.05) is 12.8 Å². The van der Waals surface area contributed by atoms with Gasteiger partial charge in [0.2, 0.25) is 0 Å². The molecule has 0 N–H and O–H groups in total. The molecule has 0 bridgehead atoms. The molecule has 3 aromatic rings. The number of esters is 1. The topological polar surface area (TPSA) is 26.3 Å². The third kappa shape index (κ3) is 3.65. The van der Waals surface area contributed by atoms with Gasteiger partial charge in [0, 0.05) is 0 Å². The maximum absolute atomic E-state index is 12.6. The van der Waals surface area contributed by atoms with E-state index in [1.807, 2.05) is 61.5 Å². The summed E-state index contributed by atoms with van der Waals surface area (Å²) < 4.78 is 5.36. The summed E-state index contributed by atoms with van der Waals surface area (Å²) in [6.45, 7) is 2.26. The number of carbonyl (C=O) groups excluding carboxylic acids is 1. The number of hydrogen-bond donors (Lipinski definition) is 0. The van der Waals surface area contributed by atoms with Crippen LogP contribution in [-0.4, -0.2) is 18.7 Å². The Morgan fingerprint density at radius 3 is 1.40 bits per heavy atom. The Bertz CT molecular complexity index is 705. The first-order valence-electron chi connectivity index (χ1n) is 8.59. The second-order valence-corrected chi connectivity index (χ2v) is 9.88. The van der Waals surface area contributed by atoms with Crippen LogP contribution in [0.4, 0.5) is 0 Å². The molecule has 0 heterocycles. The summed E-state index contributed by atoms with van der Waals surface area (Å²) in [5.74, 6) is -0.134. The summed E-state index contributed by atoms with van der Waals surface area (Å²) in [5.41, 5.74) is 0. The van der Waals surface area contributed by atoms with E-state index >= 15 is 0 Å². The van der Waals surface area contributed by atoms with Crippen molar-refractivity contribution in [3.63, 3.8) is 0 Å². The summed E-state index contributed by atoms with van der Waals surface area (Å²) in [5, 5.41) is 3.67. The van der Waals surface area contributed by atoms with E-state index in [2.05, 4.69) is 36.4 Å². The third-order valence-corrected chi connectivity index (χ3v) is 9.29. The van der Waals surface area contributed by atoms with Gasteiger partial charge < -0.3 is 0 Å². The quantitative estimate of drug-likeness (QED) is 0.504. The number of hydrogen-bond acceptors (Lipinski definition) is 2. The van der Waals surface area contributed by atoms with Gasteiger partial charge in [-0.15, -0.1) is 0 Å². The molecular weight excluding hydrogens is 327 g/mol. The van der Waals surface area contributed by atoms with Gasteiger partial charge in [-0.2, -0.15) is 0 Å². The van der Waals surface area contributed by atoms with Gasteiger partial charge in [0.15, 0.2) is 0 Å². The molecule has 3 heteroatoms. The van der Waals surface area contributed by atoms with Gasteiger partial charge in [0.1, 0.15) is 0 Å². The molecule has 0 amide bonds. The van der Waals surface area contributed by atoms with Gasteiger partial charge in [-0.3, -0.25) is 0 Å². The van der Waals surface area contributed by atoms with Crippen LogP contribution in [-0.2, 0) is 9.53 Å². The molecule has 128 valence electrons. The van der Waals surface area contributed by atoms with Crippen molar-refractivity contribution in [2.45, 2.75) is 6.92 Å². The monoisotopic (exact) mass is 350 g/mol. The van der Waals surface area contributed by atoms with E-state index in [-0.39, 0.29) is 5.97 Å². The Kier molecular flexibility index (Phi) is 5.63. The SMILES string of the molecule is CCOC(=O)C[PH](c1ccccc1)(c1ccccc1)c1ccccc1. The van der Waals surface area contributed by atoms with E-state index in [1.165, 1.54) is 15.9 Å². The van der Waals surface area contributed by atoms with Crippen molar-refractivity contribution in [3.05, 3.63) is 91.0 Å². The molecule has 0 aliphatic carbocycles. The summed E-state index contributed by atoms with van der Waals surface area (Å²) in [6.07, 6.45) is 0.402. The van der Waals surface area contributed by atoms with E-state index in [0.29, 0.717) is 12.8 Å². The number of rotatable bonds is 6. The Morgan fingerprint density at radius 1 is 0.720 bits per heavy atom. The van der Waals surface area contributed by atoms with Crippen molar-refractivity contribution >= 4 is 29.1 Å². The van der Waals surface area contributed by atoms with Crippen LogP contribution in [0.5, 0.6) is 0 Å². The normalized spacial score (nSPS) is 11.7. The Labute approximate surface area is 149 Å². The van der Waals surface area contributed by atoms with Gasteiger partial charge in [-0.05, 0) is 0 Å². The molecular formula is C22H23O2P. The summed E-state index contributed by atoms with van der Waals surface area (Å²) in [7, 11) is -2.50. The Morgan fingerprint density at radius 2 is 1.08 bits per heavy atom. The average molecular weight is 350 g/mol. The van der Waals surface area contributed by atoms with Gasteiger partial charge in [-0.25, -0.2) is 0 Å². The van der Waals surface area contributed by atoms with E-state index in [1.54, 1.807) is 0 Å². The van der Waals surface area contributed by atoms with Crippen LogP contribution in [0.2, 0.25) is 0 Å². The minimum absolute atomic E-state index is 0.134. The van der Waals surface area contributed by atoms with Crippen molar-refractivity contribution in [1.29, 1.82) is 0 Å². The van der Waals surface area contributed by atoms with E-state index in [9.17, 15) is 4.79 Å². The molecule has 2 nitrogen and oxygen atoms in total. The summed E-state index contributed by atoms with van der Waals surface area (Å²) in [4.78, 5) is 12.6. The molecule has 0 fully saturated rings. The molecule has 3 aromatic carbocycles. The van der Waals surface area contributed by atoms with Crippen LogP contribution in [0.15, 0.2) is 91.0 Å². The maximum atomic E-state index is 12.6. The van der Waals surface area contributed by atoms with Crippen molar-refractivity contribution < 1.29 is 9.53 Å². The minimum atomic E-state index is -2.50.